The van der Waals surface area contributed by atoms with Crippen LogP contribution in [-0.4, -0.2) is 16.3 Å². The van der Waals surface area contributed by atoms with Crippen molar-refractivity contribution in [3.8, 4) is 28.0 Å². The van der Waals surface area contributed by atoms with Crippen LogP contribution in [0.2, 0.25) is 0 Å². The molecule has 0 saturated heterocycles. The van der Waals surface area contributed by atoms with Gasteiger partial charge >= 0.3 is 24.7 Å². The molecule has 1 N–H and O–H groups in total. The molecule has 0 fully saturated rings. The first-order valence-electron chi connectivity index (χ1n) is 13.9. The summed E-state index contributed by atoms with van der Waals surface area (Å²) in [4.78, 5) is 7.91. The summed E-state index contributed by atoms with van der Waals surface area (Å²) in [6.45, 7) is 0. The SMILES string of the molecule is Oc1c(I)cc(I)cc1C=Nc1c(-c2cc(C(F)(F)F)cc(C(F)(F)F)c2)cccc1-c1cc(C(F)(F)F)cc(C(F)(F)F)c1.[CH3-].[Ni].c1ccncc1. The van der Waals surface area contributed by atoms with E-state index in [0.29, 0.717) is 31.4 Å². The number of phenolic OH excluding ortho intramolecular Hbond substituents is 1. The number of phenols is 1. The molecule has 1 aromatic heterocycles. The van der Waals surface area contributed by atoms with Crippen LogP contribution in [0.5, 0.6) is 5.75 Å². The zero-order chi connectivity index (χ0) is 37.9. The quantitative estimate of drug-likeness (QED) is 0.0641. The first-order valence-corrected chi connectivity index (χ1v) is 16.0. The van der Waals surface area contributed by atoms with Gasteiger partial charge in [0.05, 0.1) is 31.5 Å². The van der Waals surface area contributed by atoms with Crippen molar-refractivity contribution in [3.05, 3.63) is 140 Å². The number of pyridine rings is 1. The number of nitrogens with zero attached hydrogens (tertiary/aromatic N) is 2. The Morgan fingerprint density at radius 1 is 0.566 bits per heavy atom. The summed E-state index contributed by atoms with van der Waals surface area (Å²) >= 11 is 3.64. The molecule has 0 aliphatic carbocycles. The van der Waals surface area contributed by atoms with Crippen LogP contribution in [-0.2, 0) is 41.2 Å². The fourth-order valence-corrected chi connectivity index (χ4v) is 6.39. The predicted molar refractivity (Wildman–Crippen MR) is 189 cm³/mol. The molecule has 0 aliphatic rings. The molecule has 0 unspecified atom stereocenters. The van der Waals surface area contributed by atoms with Crippen molar-refractivity contribution >= 4 is 57.1 Å². The molecule has 0 aliphatic heterocycles. The van der Waals surface area contributed by atoms with Gasteiger partial charge in [0.1, 0.15) is 5.75 Å². The normalized spacial score (nSPS) is 12.0. The number of alkyl halides is 12. The zero-order valence-electron chi connectivity index (χ0n) is 26.3. The third-order valence-corrected chi connectivity index (χ3v) is 8.24. The van der Waals surface area contributed by atoms with Gasteiger partial charge in [-0.1, -0.05) is 24.3 Å². The average molecular weight is 1030 g/mol. The molecule has 5 rings (SSSR count). The van der Waals surface area contributed by atoms with Crippen LogP contribution >= 0.6 is 45.2 Å². The Bertz CT molecular complexity index is 1860. The van der Waals surface area contributed by atoms with Crippen molar-refractivity contribution in [2.45, 2.75) is 24.7 Å². The number of benzene rings is 4. The first-order chi connectivity index (χ1) is 23.6. The number of halogens is 14. The van der Waals surface area contributed by atoms with Crippen molar-refractivity contribution < 1.29 is 74.3 Å². The van der Waals surface area contributed by atoms with E-state index >= 15 is 0 Å². The average Bonchev–Trinajstić information content (AvgIpc) is 3.04. The Hall–Kier alpha value is -3.39. The molecule has 0 spiro atoms. The molecule has 53 heavy (non-hydrogen) atoms. The number of aromatic hydroxyl groups is 1. The van der Waals surface area contributed by atoms with Crippen molar-refractivity contribution in [3.63, 3.8) is 0 Å². The molecule has 0 radical (unpaired) electrons. The van der Waals surface area contributed by atoms with Crippen molar-refractivity contribution in [1.82, 2.24) is 4.98 Å². The van der Waals surface area contributed by atoms with Gasteiger partial charge in [-0.15, -0.1) is 0 Å². The van der Waals surface area contributed by atoms with Crippen molar-refractivity contribution in [1.29, 1.82) is 0 Å². The van der Waals surface area contributed by atoms with Gasteiger partial charge in [0.2, 0.25) is 0 Å². The Labute approximate surface area is 331 Å². The van der Waals surface area contributed by atoms with Crippen LogP contribution < -0.4 is 0 Å². The van der Waals surface area contributed by atoms with Gasteiger partial charge in [-0.05, 0) is 117 Å². The Kier molecular flexibility index (Phi) is 15.4. The third-order valence-electron chi connectivity index (χ3n) is 6.79. The summed E-state index contributed by atoms with van der Waals surface area (Å²) in [5.74, 6) is -0.337. The maximum atomic E-state index is 13.7. The minimum Gasteiger partial charge on any atom is -0.506 e. The van der Waals surface area contributed by atoms with Gasteiger partial charge in [-0.2, -0.15) is 52.7 Å². The van der Waals surface area contributed by atoms with E-state index in [-0.39, 0.29) is 47.4 Å². The smallest absolute Gasteiger partial charge is 0.416 e. The fourth-order valence-electron chi connectivity index (χ4n) is 4.50. The number of para-hydroxylation sites is 1. The van der Waals surface area contributed by atoms with Crippen LogP contribution in [0.25, 0.3) is 22.3 Å². The van der Waals surface area contributed by atoms with E-state index in [1.807, 2.05) is 40.8 Å². The summed E-state index contributed by atoms with van der Waals surface area (Å²) in [5.41, 5.74) is -9.83. The molecule has 18 heteroatoms. The largest absolute Gasteiger partial charge is 0.506 e. The minimum absolute atomic E-state index is 0. The van der Waals surface area contributed by atoms with Crippen molar-refractivity contribution in [2.24, 2.45) is 4.99 Å². The van der Waals surface area contributed by atoms with Gasteiger partial charge in [-0.25, -0.2) is 0 Å². The molecule has 1 heterocycles. The molecule has 5 aromatic rings. The number of rotatable bonds is 4. The first kappa shape index (κ1) is 45.8. The summed E-state index contributed by atoms with van der Waals surface area (Å²) in [7, 11) is 0. The molecule has 3 nitrogen and oxygen atoms in total. The van der Waals surface area contributed by atoms with Gasteiger partial charge in [0, 0.05) is 55.4 Å². The Morgan fingerprint density at radius 2 is 0.962 bits per heavy atom. The number of aromatic nitrogens is 1. The number of aliphatic imine (C=N–C) groups is 1. The second-order valence-electron chi connectivity index (χ2n) is 10.4. The summed E-state index contributed by atoms with van der Waals surface area (Å²) in [6.07, 6.45) is -16.6. The fraction of sp³-hybridized carbons (Fsp3) is 0.114. The molecule has 0 amide bonds. The maximum Gasteiger partial charge on any atom is 0.416 e. The van der Waals surface area contributed by atoms with E-state index in [1.54, 1.807) is 41.1 Å². The van der Waals surface area contributed by atoms with Crippen LogP contribution in [0.3, 0.4) is 0 Å². The standard InChI is InChI=1S/C29H13F12I2NO.C5H5N.CH3.Ni/c30-26(31,32)16-4-13(5-17(9-16)27(33,34)35)21-2-1-3-22(24(21)44-12-15-8-20(42)11-23(43)25(15)45)14-6-18(28(36,37)38)10-19(7-14)29(39,40)41;1-2-4-6-5-3-1;;/h1-12,45H;1-5H;1H3;/q;;-1;. The van der Waals surface area contributed by atoms with Crippen LogP contribution in [0.15, 0.2) is 102 Å². The molecular weight excluding hydrogens is 1000 g/mol. The second kappa shape index (κ2) is 17.8. The van der Waals surface area contributed by atoms with E-state index in [0.717, 1.165) is 24.4 Å². The van der Waals surface area contributed by atoms with Gasteiger partial charge in [0.15, 0.2) is 0 Å². The third kappa shape index (κ3) is 12.1. The predicted octanol–water partition coefficient (Wildman–Crippen LogP) is 13.3. The second-order valence-corrected chi connectivity index (χ2v) is 12.8. The molecule has 0 saturated carbocycles. The summed E-state index contributed by atoms with van der Waals surface area (Å²) in [5, 5.41) is 10.5. The van der Waals surface area contributed by atoms with Crippen LogP contribution in [0.1, 0.15) is 27.8 Å². The zero-order valence-corrected chi connectivity index (χ0v) is 31.6. The summed E-state index contributed by atoms with van der Waals surface area (Å²) in [6, 6.07) is 12.9. The number of hydrogen-bond acceptors (Lipinski definition) is 3. The molecule has 4 aromatic carbocycles. The van der Waals surface area contributed by atoms with Crippen LogP contribution in [0.4, 0.5) is 58.4 Å². The maximum absolute atomic E-state index is 13.7. The van der Waals surface area contributed by atoms with Crippen LogP contribution in [0, 0.1) is 14.6 Å². The van der Waals surface area contributed by atoms with Crippen molar-refractivity contribution in [2.75, 3.05) is 0 Å². The van der Waals surface area contributed by atoms with E-state index in [2.05, 4.69) is 9.98 Å². The van der Waals surface area contributed by atoms with Gasteiger partial charge in [0.25, 0.3) is 0 Å². The minimum atomic E-state index is -5.26. The van der Waals surface area contributed by atoms with E-state index in [4.69, 9.17) is 0 Å². The van der Waals surface area contributed by atoms with E-state index in [1.165, 1.54) is 6.07 Å². The molecular formula is C35H21F12I2N2NiO-. The molecule has 0 bridgehead atoms. The Balaban J connectivity index is 0.00000110. The summed E-state index contributed by atoms with van der Waals surface area (Å²) < 4.78 is 165. The number of hydrogen-bond donors (Lipinski definition) is 1. The molecule has 0 atom stereocenters. The Morgan fingerprint density at radius 3 is 1.28 bits per heavy atom. The van der Waals surface area contributed by atoms with E-state index in [9.17, 15) is 57.8 Å². The van der Waals surface area contributed by atoms with E-state index < -0.39 is 74.9 Å². The topological polar surface area (TPSA) is 45.5 Å². The monoisotopic (exact) mass is 1020 g/mol. The van der Waals surface area contributed by atoms with Gasteiger partial charge in [-0.3, -0.25) is 9.98 Å². The molecule has 286 valence electrons. The van der Waals surface area contributed by atoms with Gasteiger partial charge < -0.3 is 12.5 Å².